The Labute approximate surface area is 128 Å². The van der Waals surface area contributed by atoms with Gasteiger partial charge >= 0.3 is 10.8 Å². The maximum absolute atomic E-state index is 12.1. The number of halogens is 1. The lowest BCUT2D eigenvalue weighted by atomic mass is 10.2. The lowest BCUT2D eigenvalue weighted by Crippen LogP contribution is -2.24. The number of carboxylic acids is 1. The molecule has 112 valence electrons. The van der Waals surface area contributed by atoms with Crippen LogP contribution in [0.1, 0.15) is 16.1 Å². The first-order chi connectivity index (χ1) is 9.79. The Balaban J connectivity index is 2.28. The van der Waals surface area contributed by atoms with E-state index in [0.717, 1.165) is 17.4 Å². The number of aromatic amines is 1. The quantitative estimate of drug-likeness (QED) is 0.752. The number of hydrogen-bond acceptors (Lipinski definition) is 5. The number of rotatable bonds is 5. The van der Waals surface area contributed by atoms with Gasteiger partial charge in [0.15, 0.2) is 0 Å². The lowest BCUT2D eigenvalue weighted by molar-refractivity contribution is 0.0696. The van der Waals surface area contributed by atoms with Crippen LogP contribution in [0.15, 0.2) is 33.3 Å². The zero-order valence-electron chi connectivity index (χ0n) is 10.3. The first-order valence-electron chi connectivity index (χ1n) is 5.49. The maximum atomic E-state index is 12.1. The minimum Gasteiger partial charge on any atom is -0.478 e. The van der Waals surface area contributed by atoms with Gasteiger partial charge < -0.3 is 10.1 Å². The lowest BCUT2D eigenvalue weighted by Gasteiger charge is -2.08. The van der Waals surface area contributed by atoms with Crippen LogP contribution in [-0.2, 0) is 16.6 Å². The molecule has 1 aromatic carbocycles. The summed E-state index contributed by atoms with van der Waals surface area (Å²) in [6.07, 6.45) is 0. The van der Waals surface area contributed by atoms with E-state index in [2.05, 4.69) is 9.71 Å². The molecule has 7 nitrogen and oxygen atoms in total. The van der Waals surface area contributed by atoms with Crippen molar-refractivity contribution in [3.63, 3.8) is 0 Å². The van der Waals surface area contributed by atoms with E-state index < -0.39 is 16.0 Å². The molecule has 21 heavy (non-hydrogen) atoms. The number of aromatic carboxylic acids is 1. The normalized spacial score (nSPS) is 11.5. The van der Waals surface area contributed by atoms with Crippen molar-refractivity contribution < 1.29 is 18.3 Å². The molecule has 0 saturated carbocycles. The van der Waals surface area contributed by atoms with Gasteiger partial charge in [-0.3, -0.25) is 4.79 Å². The van der Waals surface area contributed by atoms with Gasteiger partial charge in [-0.05, 0) is 18.2 Å². The fourth-order valence-corrected chi connectivity index (χ4v) is 3.61. The van der Waals surface area contributed by atoms with Gasteiger partial charge in [0.1, 0.15) is 4.90 Å². The highest BCUT2D eigenvalue weighted by Gasteiger charge is 2.20. The number of H-pyrrole nitrogens is 1. The highest BCUT2D eigenvalue weighted by molar-refractivity contribution is 7.89. The van der Waals surface area contributed by atoms with E-state index >= 15 is 0 Å². The van der Waals surface area contributed by atoms with Crippen LogP contribution in [0.4, 0.5) is 0 Å². The molecule has 1 aromatic heterocycles. The van der Waals surface area contributed by atoms with Gasteiger partial charge in [-0.2, -0.15) is 0 Å². The number of carboxylic acid groups (broad SMARTS) is 1. The van der Waals surface area contributed by atoms with Crippen molar-refractivity contribution in [3.05, 3.63) is 49.5 Å². The van der Waals surface area contributed by atoms with Crippen molar-refractivity contribution in [1.82, 2.24) is 9.71 Å². The molecule has 2 rings (SSSR count). The van der Waals surface area contributed by atoms with E-state index in [1.807, 2.05) is 0 Å². The van der Waals surface area contributed by atoms with E-state index in [1.54, 1.807) is 0 Å². The topological polar surface area (TPSA) is 116 Å². The molecule has 10 heteroatoms. The summed E-state index contributed by atoms with van der Waals surface area (Å²) in [5.74, 6) is -1.26. The molecule has 0 bridgehead atoms. The minimum absolute atomic E-state index is 0.0914. The third-order valence-corrected chi connectivity index (χ3v) is 5.09. The predicted molar refractivity (Wildman–Crippen MR) is 77.4 cm³/mol. The third kappa shape index (κ3) is 3.70. The smallest absolute Gasteiger partial charge is 0.335 e. The van der Waals surface area contributed by atoms with Crippen LogP contribution in [0.5, 0.6) is 0 Å². The Kier molecular flexibility index (Phi) is 4.47. The minimum atomic E-state index is -4.00. The fraction of sp³-hybridized carbons (Fsp3) is 0.0909. The number of aromatic nitrogens is 1. The summed E-state index contributed by atoms with van der Waals surface area (Å²) < 4.78 is 26.5. The number of nitrogens with one attached hydrogen (secondary N) is 2. The Morgan fingerprint density at radius 3 is 2.71 bits per heavy atom. The highest BCUT2D eigenvalue weighted by Crippen LogP contribution is 2.22. The average molecular weight is 349 g/mol. The Hall–Kier alpha value is -1.68. The van der Waals surface area contributed by atoms with Gasteiger partial charge in [0.05, 0.1) is 17.1 Å². The van der Waals surface area contributed by atoms with Crippen LogP contribution in [0.25, 0.3) is 0 Å². The largest absolute Gasteiger partial charge is 0.478 e. The fourth-order valence-electron chi connectivity index (χ4n) is 1.49. The first kappa shape index (κ1) is 15.7. The number of sulfonamides is 1. The molecular weight excluding hydrogens is 340 g/mol. The molecular formula is C11H9ClN2O5S2. The number of carbonyl (C=O) groups is 1. The Morgan fingerprint density at radius 1 is 1.43 bits per heavy atom. The molecule has 0 amide bonds. The summed E-state index contributed by atoms with van der Waals surface area (Å²) in [7, 11) is -4.00. The molecule has 0 atom stereocenters. The van der Waals surface area contributed by atoms with E-state index in [-0.39, 0.29) is 26.9 Å². The Morgan fingerprint density at radius 2 is 2.14 bits per heavy atom. The molecule has 0 fully saturated rings. The van der Waals surface area contributed by atoms with Crippen molar-refractivity contribution in [1.29, 1.82) is 0 Å². The zero-order chi connectivity index (χ0) is 15.6. The molecule has 0 unspecified atom stereocenters. The van der Waals surface area contributed by atoms with Crippen LogP contribution < -0.4 is 9.60 Å². The van der Waals surface area contributed by atoms with Crippen LogP contribution in [-0.4, -0.2) is 24.5 Å². The van der Waals surface area contributed by atoms with Crippen molar-refractivity contribution in [2.24, 2.45) is 0 Å². The monoisotopic (exact) mass is 348 g/mol. The summed E-state index contributed by atoms with van der Waals surface area (Å²) in [5, 5.41) is 10.3. The van der Waals surface area contributed by atoms with Gasteiger partial charge in [-0.15, -0.1) is 0 Å². The maximum Gasteiger partial charge on any atom is 0.335 e. The van der Waals surface area contributed by atoms with Crippen molar-refractivity contribution in [3.8, 4) is 0 Å². The SMILES string of the molecule is O=C(O)c1ccc(Cl)c(S(=O)(=O)NCc2csc(=O)[nH]2)c1. The highest BCUT2D eigenvalue weighted by atomic mass is 35.5. The van der Waals surface area contributed by atoms with Gasteiger partial charge in [0.2, 0.25) is 10.0 Å². The molecule has 0 radical (unpaired) electrons. The van der Waals surface area contributed by atoms with Crippen LogP contribution in [0.3, 0.4) is 0 Å². The summed E-state index contributed by atoms with van der Waals surface area (Å²) >= 11 is 6.71. The molecule has 1 heterocycles. The van der Waals surface area contributed by atoms with Gasteiger partial charge in [0.25, 0.3) is 0 Å². The van der Waals surface area contributed by atoms with Crippen LogP contribution in [0, 0.1) is 0 Å². The number of hydrogen-bond donors (Lipinski definition) is 3. The van der Waals surface area contributed by atoms with Gasteiger partial charge in [0, 0.05) is 11.1 Å². The standard InChI is InChI=1S/C11H9ClN2O5S2/c12-8-2-1-6(10(15)16)3-9(8)21(18,19)13-4-7-5-20-11(17)14-7/h1-3,5,13H,4H2,(H,14,17)(H,15,16). The summed E-state index contributed by atoms with van der Waals surface area (Å²) in [6, 6.07) is 3.38. The molecule has 3 N–H and O–H groups in total. The van der Waals surface area contributed by atoms with Crippen LogP contribution >= 0.6 is 22.9 Å². The van der Waals surface area contributed by atoms with E-state index in [4.69, 9.17) is 16.7 Å². The van der Waals surface area contributed by atoms with E-state index in [1.165, 1.54) is 17.5 Å². The van der Waals surface area contributed by atoms with Gasteiger partial charge in [-0.1, -0.05) is 22.9 Å². The van der Waals surface area contributed by atoms with Crippen molar-refractivity contribution in [2.45, 2.75) is 11.4 Å². The Bertz CT molecular complexity index is 840. The van der Waals surface area contributed by atoms with E-state index in [0.29, 0.717) is 5.69 Å². The van der Waals surface area contributed by atoms with Crippen molar-refractivity contribution >= 4 is 38.9 Å². The predicted octanol–water partition coefficient (Wildman–Crippen LogP) is 1.27. The summed E-state index contributed by atoms with van der Waals surface area (Å²) in [4.78, 5) is 23.7. The molecule has 0 saturated heterocycles. The van der Waals surface area contributed by atoms with Gasteiger partial charge in [-0.25, -0.2) is 17.9 Å². The average Bonchev–Trinajstić information content (AvgIpc) is 2.82. The van der Waals surface area contributed by atoms with Crippen LogP contribution in [0.2, 0.25) is 5.02 Å². The summed E-state index contributed by atoms with van der Waals surface area (Å²) in [5.41, 5.74) is 0.211. The molecule has 0 spiro atoms. The summed E-state index contributed by atoms with van der Waals surface area (Å²) in [6.45, 7) is -0.130. The zero-order valence-corrected chi connectivity index (χ0v) is 12.7. The molecule has 0 aliphatic heterocycles. The number of thiazole rings is 1. The molecule has 0 aliphatic rings. The second kappa shape index (κ2) is 5.98. The number of benzene rings is 1. The van der Waals surface area contributed by atoms with E-state index in [9.17, 15) is 18.0 Å². The van der Waals surface area contributed by atoms with Crippen molar-refractivity contribution in [2.75, 3.05) is 0 Å². The molecule has 2 aromatic rings. The first-order valence-corrected chi connectivity index (χ1v) is 8.23. The molecule has 0 aliphatic carbocycles. The second-order valence-corrected chi connectivity index (χ2v) is 6.93. The second-order valence-electron chi connectivity index (χ2n) is 3.95. The third-order valence-electron chi connectivity index (χ3n) is 2.49.